The number of anilines is 1. The zero-order valence-electron chi connectivity index (χ0n) is 11.6. The maximum Gasteiger partial charge on any atom is 0.340 e. The maximum atomic E-state index is 11.4. The fraction of sp³-hybridized carbons (Fsp3) is 0.533. The second-order valence-electron chi connectivity index (χ2n) is 4.58. The number of rotatable bonds is 9. The number of aryl methyl sites for hydroxylation is 1. The second kappa shape index (κ2) is 8.75. The fourth-order valence-electron chi connectivity index (χ4n) is 1.97. The third-order valence-electron chi connectivity index (χ3n) is 3.05. The van der Waals surface area contributed by atoms with E-state index in [1.807, 2.05) is 12.1 Å². The lowest BCUT2D eigenvalue weighted by molar-refractivity contribution is 0.0602. The first kappa shape index (κ1) is 15.8. The third-order valence-corrected chi connectivity index (χ3v) is 4.07. The molecule has 0 aliphatic rings. The number of hydrogen-bond donors (Lipinski definition) is 1. The van der Waals surface area contributed by atoms with Gasteiger partial charge in [-0.3, -0.25) is 0 Å². The first-order chi connectivity index (χ1) is 9.19. The molecule has 0 fully saturated rings. The molecular formula is C15H23NO2S. The minimum Gasteiger partial charge on any atom is -0.465 e. The van der Waals surface area contributed by atoms with Gasteiger partial charge in [0.25, 0.3) is 0 Å². The zero-order chi connectivity index (χ0) is 14.1. The molecule has 106 valence electrons. The summed E-state index contributed by atoms with van der Waals surface area (Å²) < 4.78 is 4.69. The Morgan fingerprint density at radius 1 is 1.37 bits per heavy atom. The summed E-state index contributed by atoms with van der Waals surface area (Å²) in [5.41, 5.74) is 6.32. The lowest BCUT2D eigenvalue weighted by Crippen LogP contribution is -2.01. The average Bonchev–Trinajstić information content (AvgIpc) is 2.78. The largest absolute Gasteiger partial charge is 0.465 e. The monoisotopic (exact) mass is 281 g/mol. The molecule has 0 aliphatic carbocycles. The van der Waals surface area contributed by atoms with Gasteiger partial charge in [0.15, 0.2) is 0 Å². The number of methoxy groups -OCH3 is 1. The minimum atomic E-state index is -0.343. The van der Waals surface area contributed by atoms with E-state index in [1.165, 1.54) is 49.0 Å². The Labute approximate surface area is 119 Å². The topological polar surface area (TPSA) is 52.3 Å². The lowest BCUT2D eigenvalue weighted by Gasteiger charge is -1.99. The molecule has 0 saturated carbocycles. The smallest absolute Gasteiger partial charge is 0.340 e. The van der Waals surface area contributed by atoms with Crippen molar-refractivity contribution in [2.75, 3.05) is 12.8 Å². The molecule has 0 saturated heterocycles. The maximum absolute atomic E-state index is 11.4. The van der Waals surface area contributed by atoms with E-state index < -0.39 is 0 Å². The Morgan fingerprint density at radius 2 is 2.05 bits per heavy atom. The van der Waals surface area contributed by atoms with Crippen molar-refractivity contribution in [3.63, 3.8) is 0 Å². The standard InChI is InChI=1S/C15H23NO2S/c1-3-4-5-6-7-8-9-10-12-11-13(14(16)19-12)15(17)18-2/h3,11H,1,4-10,16H2,2H3. The summed E-state index contributed by atoms with van der Waals surface area (Å²) in [5, 5.41) is 0.563. The van der Waals surface area contributed by atoms with Crippen molar-refractivity contribution in [2.24, 2.45) is 0 Å². The highest BCUT2D eigenvalue weighted by molar-refractivity contribution is 7.16. The van der Waals surface area contributed by atoms with E-state index in [-0.39, 0.29) is 5.97 Å². The number of nitrogen functional groups attached to an aromatic ring is 1. The molecule has 19 heavy (non-hydrogen) atoms. The molecule has 0 spiro atoms. The zero-order valence-corrected chi connectivity index (χ0v) is 12.4. The van der Waals surface area contributed by atoms with Crippen molar-refractivity contribution in [1.29, 1.82) is 0 Å². The molecule has 0 unspecified atom stereocenters. The number of carbonyl (C=O) groups is 1. The molecule has 0 atom stereocenters. The molecule has 0 aliphatic heterocycles. The molecular weight excluding hydrogens is 258 g/mol. The quantitative estimate of drug-likeness (QED) is 0.419. The predicted molar refractivity (Wildman–Crippen MR) is 81.7 cm³/mol. The Kier molecular flexibility index (Phi) is 7.26. The molecule has 0 amide bonds. The number of hydrogen-bond acceptors (Lipinski definition) is 4. The Balaban J connectivity index is 2.26. The average molecular weight is 281 g/mol. The van der Waals surface area contributed by atoms with Gasteiger partial charge in [0.1, 0.15) is 5.00 Å². The molecule has 1 heterocycles. The van der Waals surface area contributed by atoms with Gasteiger partial charge in [-0.2, -0.15) is 0 Å². The van der Waals surface area contributed by atoms with Crippen LogP contribution in [0.2, 0.25) is 0 Å². The number of allylic oxidation sites excluding steroid dienone is 1. The number of esters is 1. The van der Waals surface area contributed by atoms with E-state index in [9.17, 15) is 4.79 Å². The van der Waals surface area contributed by atoms with Crippen LogP contribution in [0.3, 0.4) is 0 Å². The van der Waals surface area contributed by atoms with Crippen molar-refractivity contribution in [3.05, 3.63) is 29.2 Å². The van der Waals surface area contributed by atoms with Crippen molar-refractivity contribution in [3.8, 4) is 0 Å². The first-order valence-corrected chi connectivity index (χ1v) is 7.58. The van der Waals surface area contributed by atoms with Gasteiger partial charge in [0, 0.05) is 4.88 Å². The highest BCUT2D eigenvalue weighted by Gasteiger charge is 2.13. The normalized spacial score (nSPS) is 10.4. The van der Waals surface area contributed by atoms with E-state index in [2.05, 4.69) is 6.58 Å². The molecule has 0 radical (unpaired) electrons. The van der Waals surface area contributed by atoms with E-state index in [1.54, 1.807) is 0 Å². The van der Waals surface area contributed by atoms with E-state index in [0.717, 1.165) is 19.3 Å². The van der Waals surface area contributed by atoms with Crippen LogP contribution in [0, 0.1) is 0 Å². The molecule has 0 aromatic carbocycles. The van der Waals surface area contributed by atoms with Crippen molar-refractivity contribution < 1.29 is 9.53 Å². The Bertz CT molecular complexity index is 412. The third kappa shape index (κ3) is 5.47. The molecule has 1 aromatic heterocycles. The van der Waals surface area contributed by atoms with Gasteiger partial charge in [-0.15, -0.1) is 17.9 Å². The first-order valence-electron chi connectivity index (χ1n) is 6.76. The highest BCUT2D eigenvalue weighted by Crippen LogP contribution is 2.27. The van der Waals surface area contributed by atoms with Crippen LogP contribution in [-0.4, -0.2) is 13.1 Å². The van der Waals surface area contributed by atoms with Crippen molar-refractivity contribution in [2.45, 2.75) is 44.9 Å². The summed E-state index contributed by atoms with van der Waals surface area (Å²) in [6, 6.07) is 1.86. The Hall–Kier alpha value is -1.29. The van der Waals surface area contributed by atoms with Crippen LogP contribution in [0.1, 0.15) is 53.8 Å². The summed E-state index contributed by atoms with van der Waals surface area (Å²) in [4.78, 5) is 12.6. The van der Waals surface area contributed by atoms with Gasteiger partial charge in [-0.05, 0) is 31.7 Å². The van der Waals surface area contributed by atoms with Gasteiger partial charge in [-0.25, -0.2) is 4.79 Å². The summed E-state index contributed by atoms with van der Waals surface area (Å²) in [6.45, 7) is 3.72. The molecule has 4 heteroatoms. The fourth-order valence-corrected chi connectivity index (χ4v) is 2.93. The summed E-state index contributed by atoms with van der Waals surface area (Å²) in [7, 11) is 1.38. The lowest BCUT2D eigenvalue weighted by atomic mass is 10.1. The van der Waals surface area contributed by atoms with Gasteiger partial charge in [-0.1, -0.05) is 25.3 Å². The minimum absolute atomic E-state index is 0.343. The van der Waals surface area contributed by atoms with Crippen LogP contribution < -0.4 is 5.73 Å². The van der Waals surface area contributed by atoms with Crippen LogP contribution in [0.5, 0.6) is 0 Å². The number of ether oxygens (including phenoxy) is 1. The van der Waals surface area contributed by atoms with E-state index in [4.69, 9.17) is 10.5 Å². The van der Waals surface area contributed by atoms with E-state index >= 15 is 0 Å². The number of thiophene rings is 1. The van der Waals surface area contributed by atoms with Crippen molar-refractivity contribution >= 4 is 22.3 Å². The van der Waals surface area contributed by atoms with E-state index in [0.29, 0.717) is 10.6 Å². The Morgan fingerprint density at radius 3 is 2.74 bits per heavy atom. The summed E-state index contributed by atoms with van der Waals surface area (Å²) in [5.74, 6) is -0.343. The number of nitrogens with two attached hydrogens (primary N) is 1. The second-order valence-corrected chi connectivity index (χ2v) is 5.75. The van der Waals surface area contributed by atoms with Gasteiger partial charge in [0.2, 0.25) is 0 Å². The van der Waals surface area contributed by atoms with Gasteiger partial charge < -0.3 is 10.5 Å². The number of unbranched alkanes of at least 4 members (excludes halogenated alkanes) is 5. The predicted octanol–water partition coefficient (Wildman–Crippen LogP) is 4.19. The highest BCUT2D eigenvalue weighted by atomic mass is 32.1. The molecule has 1 rings (SSSR count). The van der Waals surface area contributed by atoms with Crippen LogP contribution in [0.15, 0.2) is 18.7 Å². The SMILES string of the molecule is C=CCCCCCCCc1cc(C(=O)OC)c(N)s1. The molecule has 2 N–H and O–H groups in total. The summed E-state index contributed by atoms with van der Waals surface area (Å²) in [6.07, 6.45) is 10.2. The van der Waals surface area contributed by atoms with Gasteiger partial charge in [0.05, 0.1) is 12.7 Å². The number of carbonyl (C=O) groups excluding carboxylic acids is 1. The van der Waals surface area contributed by atoms with Crippen molar-refractivity contribution in [1.82, 2.24) is 0 Å². The van der Waals surface area contributed by atoms with Crippen LogP contribution in [-0.2, 0) is 11.2 Å². The van der Waals surface area contributed by atoms with Crippen LogP contribution in [0.4, 0.5) is 5.00 Å². The van der Waals surface area contributed by atoms with Crippen LogP contribution in [0.25, 0.3) is 0 Å². The molecule has 0 bridgehead atoms. The van der Waals surface area contributed by atoms with Gasteiger partial charge >= 0.3 is 5.97 Å². The van der Waals surface area contributed by atoms with Crippen LogP contribution >= 0.6 is 11.3 Å². The summed E-state index contributed by atoms with van der Waals surface area (Å²) >= 11 is 1.49. The molecule has 1 aromatic rings. The molecule has 3 nitrogen and oxygen atoms in total.